The van der Waals surface area contributed by atoms with Gasteiger partial charge in [0.25, 0.3) is 0 Å². The average molecular weight is 1020 g/mol. The highest BCUT2D eigenvalue weighted by Crippen LogP contribution is 2.30. The SMILES string of the molecule is Cc1ccc(C(=O)c2ccccc2C(=O)OCCNc2nc(NCCCCOC(=O)C(C#N)=C(c3ccccc3)c3ccccc3)nc(NCCCCOC(=O)C(C#N)=C(c3ccccc3)c3ccccc3)n2)c(O)c1. The van der Waals surface area contributed by atoms with Crippen LogP contribution < -0.4 is 16.0 Å². The number of nitriles is 2. The summed E-state index contributed by atoms with van der Waals surface area (Å²) in [6, 6.07) is 51.9. The van der Waals surface area contributed by atoms with E-state index in [0.29, 0.717) is 72.2 Å². The van der Waals surface area contributed by atoms with Crippen LogP contribution in [0.3, 0.4) is 0 Å². The molecule has 7 rings (SSSR count). The van der Waals surface area contributed by atoms with Crippen LogP contribution >= 0.6 is 0 Å². The van der Waals surface area contributed by atoms with E-state index >= 15 is 0 Å². The van der Waals surface area contributed by atoms with Crippen LogP contribution in [-0.4, -0.2) is 83.2 Å². The Morgan fingerprint density at radius 2 is 0.868 bits per heavy atom. The van der Waals surface area contributed by atoms with Crippen molar-refractivity contribution in [3.8, 4) is 17.9 Å². The van der Waals surface area contributed by atoms with E-state index in [1.54, 1.807) is 25.1 Å². The van der Waals surface area contributed by atoms with Crippen molar-refractivity contribution in [3.63, 3.8) is 0 Å². The van der Waals surface area contributed by atoms with Crippen LogP contribution in [0.4, 0.5) is 17.8 Å². The van der Waals surface area contributed by atoms with Crippen molar-refractivity contribution in [2.45, 2.75) is 32.6 Å². The first-order valence-corrected chi connectivity index (χ1v) is 24.6. The van der Waals surface area contributed by atoms with Crippen molar-refractivity contribution in [1.29, 1.82) is 10.5 Å². The van der Waals surface area contributed by atoms with Crippen molar-refractivity contribution < 1.29 is 38.5 Å². The molecule has 0 aliphatic carbocycles. The number of benzene rings is 6. The van der Waals surface area contributed by atoms with E-state index in [9.17, 15) is 34.8 Å². The van der Waals surface area contributed by atoms with E-state index in [1.165, 1.54) is 24.3 Å². The number of phenols is 1. The molecule has 0 radical (unpaired) electrons. The Morgan fingerprint density at radius 1 is 0.474 bits per heavy atom. The highest BCUT2D eigenvalue weighted by molar-refractivity contribution is 6.15. The fourth-order valence-corrected chi connectivity index (χ4v) is 7.90. The van der Waals surface area contributed by atoms with Gasteiger partial charge >= 0.3 is 17.9 Å². The first-order valence-electron chi connectivity index (χ1n) is 24.6. The van der Waals surface area contributed by atoms with Gasteiger partial charge in [-0.15, -0.1) is 0 Å². The second kappa shape index (κ2) is 27.8. The van der Waals surface area contributed by atoms with Gasteiger partial charge in [-0.3, -0.25) is 4.79 Å². The molecule has 0 aliphatic heterocycles. The van der Waals surface area contributed by atoms with Crippen molar-refractivity contribution in [3.05, 3.63) is 219 Å². The number of ketones is 1. The minimum atomic E-state index is -0.741. The Balaban J connectivity index is 0.959. The van der Waals surface area contributed by atoms with Crippen molar-refractivity contribution in [2.75, 3.05) is 55.4 Å². The summed E-state index contributed by atoms with van der Waals surface area (Å²) >= 11 is 0. The predicted octanol–water partition coefficient (Wildman–Crippen LogP) is 9.91. The molecular weight excluding hydrogens is 961 g/mol. The van der Waals surface area contributed by atoms with Gasteiger partial charge in [0, 0.05) is 29.8 Å². The third-order valence-corrected chi connectivity index (χ3v) is 11.6. The standard InChI is InChI=1S/C60H54N8O8/c1-41-30-31-48(51(69)38-41)54(70)46-28-14-15-29-47(46)55(71)76-37-34-65-60-67-58(63-32-16-18-35-74-56(72)49(39-61)52(42-20-6-2-7-21-42)43-22-8-3-9-23-43)66-59(68-60)64-33-17-19-36-75-57(73)50(40-62)53(44-24-10-4-11-25-44)45-26-12-5-13-27-45/h2-15,20-31,38,69H,16-19,32-37H2,1H3,(H3,63,64,65,66,67,68). The summed E-state index contributed by atoms with van der Waals surface area (Å²) in [5.74, 6) is -2.35. The molecule has 4 N–H and O–H groups in total. The van der Waals surface area contributed by atoms with Crippen LogP contribution in [0, 0.1) is 29.6 Å². The van der Waals surface area contributed by atoms with Crippen molar-refractivity contribution in [2.24, 2.45) is 0 Å². The third-order valence-electron chi connectivity index (χ3n) is 11.6. The van der Waals surface area contributed by atoms with Gasteiger partial charge in [-0.1, -0.05) is 146 Å². The zero-order chi connectivity index (χ0) is 53.5. The van der Waals surface area contributed by atoms with E-state index in [4.69, 9.17) is 14.2 Å². The van der Waals surface area contributed by atoms with Crippen molar-refractivity contribution >= 4 is 52.7 Å². The lowest BCUT2D eigenvalue weighted by molar-refractivity contribution is -0.139. The summed E-state index contributed by atoms with van der Waals surface area (Å²) in [6.45, 7) is 2.58. The van der Waals surface area contributed by atoms with E-state index in [1.807, 2.05) is 121 Å². The van der Waals surface area contributed by atoms with Gasteiger partial charge in [-0.05, 0) is 78.6 Å². The molecule has 382 valence electrons. The molecule has 0 unspecified atom stereocenters. The highest BCUT2D eigenvalue weighted by Gasteiger charge is 2.23. The van der Waals surface area contributed by atoms with Crippen molar-refractivity contribution in [1.82, 2.24) is 15.0 Å². The lowest BCUT2D eigenvalue weighted by Gasteiger charge is -2.13. The molecule has 1 aromatic heterocycles. The maximum absolute atomic E-state index is 13.4. The van der Waals surface area contributed by atoms with Crippen LogP contribution in [0.5, 0.6) is 5.75 Å². The maximum Gasteiger partial charge on any atom is 0.349 e. The van der Waals surface area contributed by atoms with Gasteiger partial charge in [-0.2, -0.15) is 25.5 Å². The summed E-state index contributed by atoms with van der Waals surface area (Å²) in [4.78, 5) is 66.9. The Labute approximate surface area is 440 Å². The molecule has 16 heteroatoms. The number of hydrogen-bond acceptors (Lipinski definition) is 16. The molecule has 0 saturated carbocycles. The number of nitrogens with one attached hydrogen (secondary N) is 3. The molecule has 1 heterocycles. The molecule has 76 heavy (non-hydrogen) atoms. The largest absolute Gasteiger partial charge is 0.507 e. The average Bonchev–Trinajstić information content (AvgIpc) is 3.45. The molecule has 0 bridgehead atoms. The maximum atomic E-state index is 13.4. The lowest BCUT2D eigenvalue weighted by Crippen LogP contribution is -2.19. The number of nitrogens with zero attached hydrogens (tertiary/aromatic N) is 5. The number of unbranched alkanes of at least 4 members (excludes halogenated alkanes) is 2. The molecule has 6 aromatic carbocycles. The Kier molecular flexibility index (Phi) is 19.7. The number of phenolic OH excluding ortho intramolecular Hbond substituents is 1. The topological polar surface area (TPSA) is 239 Å². The summed E-state index contributed by atoms with van der Waals surface area (Å²) in [5, 5.41) is 40.1. The molecule has 16 nitrogen and oxygen atoms in total. The molecular formula is C60H54N8O8. The zero-order valence-corrected chi connectivity index (χ0v) is 41.7. The van der Waals surface area contributed by atoms with Gasteiger partial charge in [-0.25, -0.2) is 14.4 Å². The molecule has 7 aromatic rings. The molecule has 0 fully saturated rings. The number of rotatable bonds is 25. The predicted molar refractivity (Wildman–Crippen MR) is 288 cm³/mol. The Morgan fingerprint density at radius 3 is 1.28 bits per heavy atom. The number of carbonyl (C=O) groups is 4. The summed E-state index contributed by atoms with van der Waals surface area (Å²) in [6.07, 6.45) is 1.97. The zero-order valence-electron chi connectivity index (χ0n) is 41.7. The number of hydrogen-bond donors (Lipinski definition) is 4. The number of aromatic hydroxyl groups is 1. The van der Waals surface area contributed by atoms with E-state index in [2.05, 4.69) is 43.0 Å². The highest BCUT2D eigenvalue weighted by atomic mass is 16.5. The number of aromatic nitrogens is 3. The lowest BCUT2D eigenvalue weighted by atomic mass is 9.93. The normalized spacial score (nSPS) is 10.4. The first-order chi connectivity index (χ1) is 37.1. The summed E-state index contributed by atoms with van der Waals surface area (Å²) < 4.78 is 16.7. The summed E-state index contributed by atoms with van der Waals surface area (Å²) in [5.41, 5.74) is 4.56. The molecule has 0 spiro atoms. The molecule has 0 saturated heterocycles. The van der Waals surface area contributed by atoms with Gasteiger partial charge in [0.2, 0.25) is 17.8 Å². The number of carbonyl (C=O) groups excluding carboxylic acids is 4. The smallest absolute Gasteiger partial charge is 0.349 e. The van der Waals surface area contributed by atoms with E-state index < -0.39 is 23.7 Å². The van der Waals surface area contributed by atoms with E-state index in [0.717, 1.165) is 5.56 Å². The van der Waals surface area contributed by atoms with Gasteiger partial charge in [0.1, 0.15) is 35.6 Å². The van der Waals surface area contributed by atoms with Crippen LogP contribution in [0.2, 0.25) is 0 Å². The second-order valence-corrected chi connectivity index (χ2v) is 17.0. The van der Waals surface area contributed by atoms with Crippen LogP contribution in [-0.2, 0) is 23.8 Å². The minimum Gasteiger partial charge on any atom is -0.507 e. The monoisotopic (exact) mass is 1010 g/mol. The van der Waals surface area contributed by atoms with Gasteiger partial charge in [0.15, 0.2) is 5.78 Å². The van der Waals surface area contributed by atoms with Crippen LogP contribution in [0.15, 0.2) is 175 Å². The Bertz CT molecular complexity index is 3050. The van der Waals surface area contributed by atoms with Gasteiger partial charge in [0.05, 0.1) is 30.9 Å². The number of esters is 3. The quantitative estimate of drug-likeness (QED) is 0.0104. The van der Waals surface area contributed by atoms with Crippen LogP contribution in [0.1, 0.15) is 79.8 Å². The summed E-state index contributed by atoms with van der Waals surface area (Å²) in [7, 11) is 0. The third kappa shape index (κ3) is 14.8. The number of aryl methyl sites for hydroxylation is 1. The fraction of sp³-hybridized carbons (Fsp3) is 0.183. The minimum absolute atomic E-state index is 0.0346. The van der Waals surface area contributed by atoms with Gasteiger partial charge < -0.3 is 35.3 Å². The first kappa shape index (κ1) is 53.9. The van der Waals surface area contributed by atoms with E-state index in [-0.39, 0.29) is 77.8 Å². The molecule has 0 aliphatic rings. The fourth-order valence-electron chi connectivity index (χ4n) is 7.90. The number of anilines is 3. The molecule has 0 amide bonds. The molecule has 0 atom stereocenters. The Hall–Kier alpha value is -9.93. The number of ether oxygens (including phenoxy) is 3. The second-order valence-electron chi connectivity index (χ2n) is 17.0. The van der Waals surface area contributed by atoms with Crippen LogP contribution in [0.25, 0.3) is 11.1 Å².